The maximum atomic E-state index is 12.0. The summed E-state index contributed by atoms with van der Waals surface area (Å²) < 4.78 is 11.2. The molecule has 2 aromatic rings. The summed E-state index contributed by atoms with van der Waals surface area (Å²) in [4.78, 5) is 28.9. The zero-order chi connectivity index (χ0) is 20.5. The van der Waals surface area contributed by atoms with Crippen LogP contribution in [0.15, 0.2) is 24.4 Å². The van der Waals surface area contributed by atoms with Crippen LogP contribution in [0.4, 0.5) is 4.79 Å². The Morgan fingerprint density at radius 2 is 2.00 bits per heavy atom. The van der Waals surface area contributed by atoms with Gasteiger partial charge >= 0.3 is 12.1 Å². The van der Waals surface area contributed by atoms with Crippen molar-refractivity contribution in [3.63, 3.8) is 0 Å². The molecule has 0 spiro atoms. The van der Waals surface area contributed by atoms with Gasteiger partial charge in [0.05, 0.1) is 11.1 Å². The molecule has 1 aromatic heterocycles. The van der Waals surface area contributed by atoms with Gasteiger partial charge in [-0.2, -0.15) is 0 Å². The van der Waals surface area contributed by atoms with Gasteiger partial charge in [-0.15, -0.1) is 11.3 Å². The van der Waals surface area contributed by atoms with E-state index in [4.69, 9.17) is 9.47 Å². The molecule has 3 rings (SSSR count). The van der Waals surface area contributed by atoms with E-state index in [1.165, 1.54) is 17.4 Å². The molecule has 1 aliphatic rings. The molecule has 150 valence electrons. The fourth-order valence-corrected chi connectivity index (χ4v) is 3.37. The molecule has 2 N–H and O–H groups in total. The molecule has 28 heavy (non-hydrogen) atoms. The van der Waals surface area contributed by atoms with Crippen molar-refractivity contribution in [2.45, 2.75) is 51.7 Å². The lowest BCUT2D eigenvalue weighted by atomic mass is 10.1. The molecule has 0 radical (unpaired) electrons. The van der Waals surface area contributed by atoms with E-state index in [9.17, 15) is 14.7 Å². The third kappa shape index (κ3) is 5.22. The highest BCUT2D eigenvalue weighted by molar-refractivity contribution is 7.14. The molecule has 0 saturated heterocycles. The average Bonchev–Trinajstić information content (AvgIpc) is 3.20. The normalized spacial score (nSPS) is 15.0. The zero-order valence-corrected chi connectivity index (χ0v) is 17.2. The number of carboxylic acids is 1. The van der Waals surface area contributed by atoms with E-state index >= 15 is 0 Å². The predicted molar refractivity (Wildman–Crippen MR) is 106 cm³/mol. The van der Waals surface area contributed by atoms with Crippen molar-refractivity contribution in [3.05, 3.63) is 34.8 Å². The minimum atomic E-state index is -1.03. The lowest BCUT2D eigenvalue weighted by Crippen LogP contribution is -2.44. The highest BCUT2D eigenvalue weighted by Gasteiger charge is 2.46. The maximum Gasteiger partial charge on any atom is 0.408 e. The molecule has 1 heterocycles. The minimum Gasteiger partial charge on any atom is -0.491 e. The fourth-order valence-electron chi connectivity index (χ4n) is 2.62. The Bertz CT molecular complexity index is 896. The number of aromatic nitrogens is 1. The van der Waals surface area contributed by atoms with Crippen molar-refractivity contribution >= 4 is 23.4 Å². The number of hydrogen-bond donors (Lipinski definition) is 2. The summed E-state index contributed by atoms with van der Waals surface area (Å²) in [6.45, 7) is 7.61. The van der Waals surface area contributed by atoms with E-state index in [0.717, 1.165) is 22.7 Å². The zero-order valence-electron chi connectivity index (χ0n) is 16.4. The molecule has 0 aliphatic heterocycles. The van der Waals surface area contributed by atoms with Crippen LogP contribution in [0.2, 0.25) is 0 Å². The van der Waals surface area contributed by atoms with Gasteiger partial charge in [0, 0.05) is 16.6 Å². The largest absolute Gasteiger partial charge is 0.491 e. The lowest BCUT2D eigenvalue weighted by Gasteiger charge is -2.23. The molecular weight excluding hydrogens is 380 g/mol. The highest BCUT2D eigenvalue weighted by atomic mass is 32.1. The second-order valence-corrected chi connectivity index (χ2v) is 9.26. The summed E-state index contributed by atoms with van der Waals surface area (Å²) in [6, 6.07) is 4.84. The standard InChI is InChI=1S/C20H24N2O5S/c1-12-10-21-16(28-12)13-7-14(17(23)24)9-15(8-13)26-11-20(5-6-20)22-18(25)27-19(2,3)4/h7-10H,5-6,11H2,1-4H3,(H,22,25)(H,23,24). The SMILES string of the molecule is Cc1cnc(-c2cc(OCC3(NC(=O)OC(C)(C)C)CC3)cc(C(=O)O)c2)s1. The van der Waals surface area contributed by atoms with E-state index < -0.39 is 23.2 Å². The smallest absolute Gasteiger partial charge is 0.408 e. The summed E-state index contributed by atoms with van der Waals surface area (Å²) in [6.07, 6.45) is 2.83. The summed E-state index contributed by atoms with van der Waals surface area (Å²) in [5, 5.41) is 13.0. The van der Waals surface area contributed by atoms with Gasteiger partial charge in [0.2, 0.25) is 0 Å². The predicted octanol–water partition coefficient (Wildman–Crippen LogP) is 4.25. The number of aryl methyl sites for hydroxylation is 1. The number of carbonyl (C=O) groups is 2. The number of thiazole rings is 1. The molecule has 1 aromatic carbocycles. The molecule has 1 fully saturated rings. The Morgan fingerprint density at radius 1 is 1.29 bits per heavy atom. The number of benzene rings is 1. The fraction of sp³-hybridized carbons (Fsp3) is 0.450. The molecular formula is C20H24N2O5S. The third-order valence-electron chi connectivity index (χ3n) is 4.16. The molecule has 7 nitrogen and oxygen atoms in total. The Kier molecular flexibility index (Phi) is 5.34. The van der Waals surface area contributed by atoms with Crippen LogP contribution in [0.3, 0.4) is 0 Å². The van der Waals surface area contributed by atoms with Gasteiger partial charge in [0.1, 0.15) is 23.0 Å². The molecule has 0 unspecified atom stereocenters. The van der Waals surface area contributed by atoms with E-state index in [1.807, 2.05) is 27.7 Å². The Hall–Kier alpha value is -2.61. The van der Waals surface area contributed by atoms with Gasteiger partial charge in [-0.25, -0.2) is 14.6 Å². The van der Waals surface area contributed by atoms with E-state index in [0.29, 0.717) is 11.3 Å². The molecule has 0 atom stereocenters. The van der Waals surface area contributed by atoms with E-state index in [-0.39, 0.29) is 12.2 Å². The Labute approximate surface area is 167 Å². The average molecular weight is 404 g/mol. The monoisotopic (exact) mass is 404 g/mol. The second kappa shape index (κ2) is 7.43. The van der Waals surface area contributed by atoms with Crippen LogP contribution in [0, 0.1) is 6.92 Å². The van der Waals surface area contributed by atoms with Crippen molar-refractivity contribution in [2.75, 3.05) is 6.61 Å². The highest BCUT2D eigenvalue weighted by Crippen LogP contribution is 2.37. The van der Waals surface area contributed by atoms with Crippen LogP contribution in [0.5, 0.6) is 5.75 Å². The summed E-state index contributed by atoms with van der Waals surface area (Å²) >= 11 is 1.49. The quantitative estimate of drug-likeness (QED) is 0.747. The van der Waals surface area contributed by atoms with Gasteiger partial charge in [0.15, 0.2) is 0 Å². The van der Waals surface area contributed by atoms with Crippen molar-refractivity contribution < 1.29 is 24.2 Å². The van der Waals surface area contributed by atoms with Crippen LogP contribution in [0.1, 0.15) is 48.8 Å². The van der Waals surface area contributed by atoms with Crippen LogP contribution in [-0.4, -0.2) is 39.9 Å². The number of alkyl carbamates (subject to hydrolysis) is 1. The summed E-state index contributed by atoms with van der Waals surface area (Å²) in [5.74, 6) is -0.604. The minimum absolute atomic E-state index is 0.130. The molecule has 1 amide bonds. The van der Waals surface area contributed by atoms with Crippen molar-refractivity contribution in [3.8, 4) is 16.3 Å². The van der Waals surface area contributed by atoms with Gasteiger partial charge in [-0.1, -0.05) is 0 Å². The van der Waals surface area contributed by atoms with E-state index in [2.05, 4.69) is 10.3 Å². The van der Waals surface area contributed by atoms with Crippen molar-refractivity contribution in [1.29, 1.82) is 0 Å². The molecule has 1 saturated carbocycles. The summed E-state index contributed by atoms with van der Waals surface area (Å²) in [5.41, 5.74) is -0.222. The Balaban J connectivity index is 1.72. The molecule has 1 aliphatic carbocycles. The van der Waals surface area contributed by atoms with Crippen molar-refractivity contribution in [2.24, 2.45) is 0 Å². The number of amides is 1. The Morgan fingerprint density at radius 3 is 2.54 bits per heavy atom. The first-order valence-corrected chi connectivity index (χ1v) is 9.82. The number of nitrogens with one attached hydrogen (secondary N) is 1. The number of carboxylic acid groups (broad SMARTS) is 1. The first kappa shape index (κ1) is 20.1. The number of carbonyl (C=O) groups excluding carboxylic acids is 1. The number of aromatic carboxylic acids is 1. The topological polar surface area (TPSA) is 97.8 Å². The lowest BCUT2D eigenvalue weighted by molar-refractivity contribution is 0.0476. The van der Waals surface area contributed by atoms with Crippen LogP contribution < -0.4 is 10.1 Å². The number of rotatable bonds is 6. The third-order valence-corrected chi connectivity index (χ3v) is 5.12. The van der Waals surface area contributed by atoms with Gasteiger partial charge in [0.25, 0.3) is 0 Å². The van der Waals surface area contributed by atoms with Crippen LogP contribution in [0.25, 0.3) is 10.6 Å². The van der Waals surface area contributed by atoms with Gasteiger partial charge in [-0.05, 0) is 58.7 Å². The number of nitrogens with zero attached hydrogens (tertiary/aromatic N) is 1. The first-order chi connectivity index (χ1) is 13.1. The van der Waals surface area contributed by atoms with E-state index in [1.54, 1.807) is 18.3 Å². The van der Waals surface area contributed by atoms with Gasteiger partial charge in [-0.3, -0.25) is 0 Å². The first-order valence-electron chi connectivity index (χ1n) is 9.00. The van der Waals surface area contributed by atoms with Crippen molar-refractivity contribution in [1.82, 2.24) is 10.3 Å². The molecule has 0 bridgehead atoms. The number of hydrogen-bond acceptors (Lipinski definition) is 6. The van der Waals surface area contributed by atoms with Crippen LogP contribution in [-0.2, 0) is 4.74 Å². The number of ether oxygens (including phenoxy) is 2. The van der Waals surface area contributed by atoms with Crippen LogP contribution >= 0.6 is 11.3 Å². The van der Waals surface area contributed by atoms with Gasteiger partial charge < -0.3 is 19.9 Å². The maximum absolute atomic E-state index is 12.0. The molecule has 8 heteroatoms. The second-order valence-electron chi connectivity index (χ2n) is 8.02. The summed E-state index contributed by atoms with van der Waals surface area (Å²) in [7, 11) is 0.